The molecule has 2 rings (SSSR count). The quantitative estimate of drug-likeness (QED) is 0.914. The predicted molar refractivity (Wildman–Crippen MR) is 86.7 cm³/mol. The first-order chi connectivity index (χ1) is 9.97. The number of rotatable bonds is 4. The van der Waals surface area contributed by atoms with Crippen molar-refractivity contribution in [2.24, 2.45) is 0 Å². The van der Waals surface area contributed by atoms with Crippen LogP contribution in [0.5, 0.6) is 5.75 Å². The third-order valence-electron chi connectivity index (χ3n) is 3.20. The standard InChI is InChI=1S/C16H17BrN2O2/c1-10-5-4-6-14(11(10)2)21-9-16(20)19-15-8-7-13(17)12(3)18-15/h4-8H,9H2,1-3H3,(H,18,19,20). The summed E-state index contributed by atoms with van der Waals surface area (Å²) in [6.07, 6.45) is 0. The second-order valence-corrected chi connectivity index (χ2v) is 5.65. The van der Waals surface area contributed by atoms with Crippen LogP contribution in [0.25, 0.3) is 0 Å². The van der Waals surface area contributed by atoms with Crippen LogP contribution < -0.4 is 10.1 Å². The Hall–Kier alpha value is -1.88. The minimum Gasteiger partial charge on any atom is -0.483 e. The lowest BCUT2D eigenvalue weighted by Crippen LogP contribution is -2.21. The van der Waals surface area contributed by atoms with Crippen molar-refractivity contribution in [1.82, 2.24) is 4.98 Å². The number of hydrogen-bond donors (Lipinski definition) is 1. The number of anilines is 1. The smallest absolute Gasteiger partial charge is 0.263 e. The molecule has 110 valence electrons. The molecule has 0 aliphatic rings. The summed E-state index contributed by atoms with van der Waals surface area (Å²) in [6.45, 7) is 5.81. The van der Waals surface area contributed by atoms with E-state index >= 15 is 0 Å². The van der Waals surface area contributed by atoms with Gasteiger partial charge in [0.05, 0.1) is 5.69 Å². The molecule has 2 aromatic rings. The average Bonchev–Trinajstić information content (AvgIpc) is 2.44. The second kappa shape index (κ2) is 6.72. The minimum atomic E-state index is -0.231. The fourth-order valence-corrected chi connectivity index (χ4v) is 2.04. The number of carbonyl (C=O) groups is 1. The van der Waals surface area contributed by atoms with Gasteiger partial charge in [0.2, 0.25) is 0 Å². The summed E-state index contributed by atoms with van der Waals surface area (Å²) in [5, 5.41) is 2.72. The van der Waals surface area contributed by atoms with Gasteiger partial charge in [0.1, 0.15) is 11.6 Å². The first kappa shape index (κ1) is 15.5. The van der Waals surface area contributed by atoms with Crippen molar-refractivity contribution < 1.29 is 9.53 Å². The molecule has 0 aliphatic carbocycles. The summed E-state index contributed by atoms with van der Waals surface area (Å²) >= 11 is 3.37. The van der Waals surface area contributed by atoms with E-state index in [0.717, 1.165) is 27.0 Å². The lowest BCUT2D eigenvalue weighted by Gasteiger charge is -2.11. The number of nitrogens with one attached hydrogen (secondary N) is 1. The highest BCUT2D eigenvalue weighted by Crippen LogP contribution is 2.20. The van der Waals surface area contributed by atoms with Crippen molar-refractivity contribution in [3.8, 4) is 5.75 Å². The molecule has 0 saturated carbocycles. The molecule has 21 heavy (non-hydrogen) atoms. The van der Waals surface area contributed by atoms with Crippen molar-refractivity contribution in [1.29, 1.82) is 0 Å². The van der Waals surface area contributed by atoms with Gasteiger partial charge in [0.15, 0.2) is 6.61 Å². The van der Waals surface area contributed by atoms with Crippen LogP contribution in [0.3, 0.4) is 0 Å². The molecule has 0 unspecified atom stereocenters. The van der Waals surface area contributed by atoms with Crippen LogP contribution >= 0.6 is 15.9 Å². The van der Waals surface area contributed by atoms with Crippen molar-refractivity contribution in [2.45, 2.75) is 20.8 Å². The van der Waals surface area contributed by atoms with Gasteiger partial charge in [-0.3, -0.25) is 4.79 Å². The zero-order valence-corrected chi connectivity index (χ0v) is 13.8. The maximum atomic E-state index is 11.9. The van der Waals surface area contributed by atoms with Crippen LogP contribution in [0.15, 0.2) is 34.8 Å². The highest BCUT2D eigenvalue weighted by molar-refractivity contribution is 9.10. The first-order valence-corrected chi connectivity index (χ1v) is 7.38. The number of benzene rings is 1. The molecule has 0 saturated heterocycles. The van der Waals surface area contributed by atoms with Crippen molar-refractivity contribution >= 4 is 27.7 Å². The molecular weight excluding hydrogens is 332 g/mol. The Kier molecular flexibility index (Phi) is 4.96. The Morgan fingerprint density at radius 2 is 2.00 bits per heavy atom. The number of hydrogen-bond acceptors (Lipinski definition) is 3. The summed E-state index contributed by atoms with van der Waals surface area (Å²) < 4.78 is 6.47. The van der Waals surface area contributed by atoms with Crippen LogP contribution in [0, 0.1) is 20.8 Å². The molecule has 1 amide bonds. The van der Waals surface area contributed by atoms with Crippen molar-refractivity contribution in [3.63, 3.8) is 0 Å². The van der Waals surface area contributed by atoms with Crippen LogP contribution in [0.1, 0.15) is 16.8 Å². The zero-order chi connectivity index (χ0) is 15.4. The normalized spacial score (nSPS) is 10.3. The third kappa shape index (κ3) is 4.04. The molecule has 5 heteroatoms. The van der Waals surface area contributed by atoms with Crippen LogP contribution in [-0.2, 0) is 4.79 Å². The maximum absolute atomic E-state index is 11.9. The van der Waals surface area contributed by atoms with Gasteiger partial charge in [-0.2, -0.15) is 0 Å². The number of pyridine rings is 1. The molecule has 0 bridgehead atoms. The highest BCUT2D eigenvalue weighted by atomic mass is 79.9. The van der Waals surface area contributed by atoms with Gasteiger partial charge in [0.25, 0.3) is 5.91 Å². The van der Waals surface area contributed by atoms with E-state index in [9.17, 15) is 4.79 Å². The number of aryl methyl sites for hydroxylation is 2. The predicted octanol–water partition coefficient (Wildman–Crippen LogP) is 3.79. The molecular formula is C16H17BrN2O2. The van der Waals surface area contributed by atoms with E-state index in [-0.39, 0.29) is 12.5 Å². The van der Waals surface area contributed by atoms with Gasteiger partial charge in [-0.15, -0.1) is 0 Å². The first-order valence-electron chi connectivity index (χ1n) is 6.59. The van der Waals surface area contributed by atoms with Gasteiger partial charge in [-0.1, -0.05) is 12.1 Å². The van der Waals surface area contributed by atoms with E-state index in [4.69, 9.17) is 4.74 Å². The van der Waals surface area contributed by atoms with Gasteiger partial charge in [0, 0.05) is 4.47 Å². The Bertz CT molecular complexity index is 671. The molecule has 0 fully saturated rings. The summed E-state index contributed by atoms with van der Waals surface area (Å²) in [7, 11) is 0. The topological polar surface area (TPSA) is 51.2 Å². The summed E-state index contributed by atoms with van der Waals surface area (Å²) in [4.78, 5) is 16.2. The lowest BCUT2D eigenvalue weighted by molar-refractivity contribution is -0.118. The zero-order valence-electron chi connectivity index (χ0n) is 12.2. The molecule has 0 aliphatic heterocycles. The molecule has 1 N–H and O–H groups in total. The number of aromatic nitrogens is 1. The van der Waals surface area contributed by atoms with Crippen LogP contribution in [0.4, 0.5) is 5.82 Å². The lowest BCUT2D eigenvalue weighted by atomic mass is 10.1. The molecule has 0 atom stereocenters. The molecule has 1 aromatic carbocycles. The summed E-state index contributed by atoms with van der Waals surface area (Å²) in [5.41, 5.74) is 3.00. The number of halogens is 1. The number of carbonyl (C=O) groups excluding carboxylic acids is 1. The van der Waals surface area contributed by atoms with Crippen LogP contribution in [0.2, 0.25) is 0 Å². The summed E-state index contributed by atoms with van der Waals surface area (Å²) in [6, 6.07) is 9.38. The van der Waals surface area contributed by atoms with Gasteiger partial charge in [-0.05, 0) is 66.0 Å². The van der Waals surface area contributed by atoms with Crippen molar-refractivity contribution in [2.75, 3.05) is 11.9 Å². The Morgan fingerprint density at radius 1 is 1.24 bits per heavy atom. The number of nitrogens with zero attached hydrogens (tertiary/aromatic N) is 1. The molecule has 4 nitrogen and oxygen atoms in total. The van der Waals surface area contributed by atoms with Gasteiger partial charge in [-0.25, -0.2) is 4.98 Å². The average molecular weight is 349 g/mol. The Balaban J connectivity index is 1.96. The number of amides is 1. The summed E-state index contributed by atoms with van der Waals surface area (Å²) in [5.74, 6) is 1.01. The maximum Gasteiger partial charge on any atom is 0.263 e. The molecule has 0 spiro atoms. The Morgan fingerprint density at radius 3 is 2.71 bits per heavy atom. The van der Waals surface area contributed by atoms with Crippen LogP contribution in [-0.4, -0.2) is 17.5 Å². The number of ether oxygens (including phenoxy) is 1. The van der Waals surface area contributed by atoms with Crippen molar-refractivity contribution in [3.05, 3.63) is 51.6 Å². The third-order valence-corrected chi connectivity index (χ3v) is 4.04. The SMILES string of the molecule is Cc1cccc(OCC(=O)Nc2ccc(Br)c(C)n2)c1C. The van der Waals surface area contributed by atoms with E-state index in [1.54, 1.807) is 6.07 Å². The van der Waals surface area contributed by atoms with E-state index in [1.165, 1.54) is 0 Å². The minimum absolute atomic E-state index is 0.0406. The fraction of sp³-hybridized carbons (Fsp3) is 0.250. The van der Waals surface area contributed by atoms with E-state index in [0.29, 0.717) is 5.82 Å². The molecule has 1 heterocycles. The monoisotopic (exact) mass is 348 g/mol. The van der Waals surface area contributed by atoms with Gasteiger partial charge >= 0.3 is 0 Å². The van der Waals surface area contributed by atoms with E-state index < -0.39 is 0 Å². The molecule has 1 aromatic heterocycles. The largest absolute Gasteiger partial charge is 0.483 e. The van der Waals surface area contributed by atoms with E-state index in [2.05, 4.69) is 26.2 Å². The molecule has 0 radical (unpaired) electrons. The fourth-order valence-electron chi connectivity index (χ4n) is 1.82. The Labute approximate surface area is 132 Å². The highest BCUT2D eigenvalue weighted by Gasteiger charge is 2.08. The second-order valence-electron chi connectivity index (χ2n) is 4.80. The van der Waals surface area contributed by atoms with Gasteiger partial charge < -0.3 is 10.1 Å². The van der Waals surface area contributed by atoms with E-state index in [1.807, 2.05) is 45.0 Å².